The number of hydrogen-bond acceptors (Lipinski definition) is 3. The Morgan fingerprint density at radius 2 is 1.44 bits per heavy atom. The molecule has 0 saturated carbocycles. The summed E-state index contributed by atoms with van der Waals surface area (Å²) in [6.45, 7) is 0. The Morgan fingerprint density at radius 1 is 0.920 bits per heavy atom. The maximum Gasteiger partial charge on any atom is 0.344 e. The van der Waals surface area contributed by atoms with E-state index in [4.69, 9.17) is 5.11 Å². The Labute approximate surface area is 162 Å². The molecule has 2 aromatic rings. The molecule has 4 nitrogen and oxygen atoms in total. The molecule has 11 heteroatoms. The number of carboxylic acid groups (broad SMARTS) is 1. The molecule has 0 radical (unpaired) electrons. The second-order valence-electron chi connectivity index (χ2n) is 4.40. The Morgan fingerprint density at radius 3 is 1.92 bits per heavy atom. The molecule has 0 fully saturated rings. The third-order valence-corrected chi connectivity index (χ3v) is 5.31. The lowest BCUT2D eigenvalue weighted by atomic mass is 10.1. The molecule has 1 N–H and O–H groups in total. The van der Waals surface area contributed by atoms with Gasteiger partial charge in [-0.1, -0.05) is 15.9 Å². The first-order chi connectivity index (χ1) is 11.6. The highest BCUT2D eigenvalue weighted by molar-refractivity contribution is 9.13. The van der Waals surface area contributed by atoms with Gasteiger partial charge in [-0.3, -0.25) is 0 Å². The van der Waals surface area contributed by atoms with E-state index >= 15 is 0 Å². The van der Waals surface area contributed by atoms with E-state index in [2.05, 4.69) is 52.5 Å². The Balaban J connectivity index is 2.55. The van der Waals surface area contributed by atoms with Gasteiger partial charge in [0, 0.05) is 13.4 Å². The molecule has 132 valence electrons. The lowest BCUT2D eigenvalue weighted by Gasteiger charge is -2.11. The number of hydrogen-bond donors (Lipinski definition) is 1. The van der Waals surface area contributed by atoms with E-state index in [1.807, 2.05) is 0 Å². The fraction of sp³-hybridized carbons (Fsp3) is 0. The Kier molecular flexibility index (Phi) is 5.89. The zero-order chi connectivity index (χ0) is 19.0. The second-order valence-corrected chi connectivity index (χ2v) is 6.97. The maximum absolute atomic E-state index is 13.8. The highest BCUT2D eigenvalue weighted by Crippen LogP contribution is 2.34. The van der Waals surface area contributed by atoms with Crippen molar-refractivity contribution in [2.75, 3.05) is 0 Å². The first-order valence-corrected chi connectivity index (χ1v) is 8.40. The van der Waals surface area contributed by atoms with Crippen molar-refractivity contribution in [2.24, 2.45) is 0 Å². The summed E-state index contributed by atoms with van der Waals surface area (Å²) in [5, 5.41) is 8.61. The molecule has 2 aromatic carbocycles. The zero-order valence-corrected chi connectivity index (χ0v) is 16.2. The van der Waals surface area contributed by atoms with Gasteiger partial charge < -0.3 is 9.84 Å². The predicted molar refractivity (Wildman–Crippen MR) is 87.7 cm³/mol. The number of esters is 1. The molecule has 0 heterocycles. The van der Waals surface area contributed by atoms with Gasteiger partial charge in [0.25, 0.3) is 0 Å². The number of carbonyl (C=O) groups excluding carboxylic acids is 1. The molecule has 0 bridgehead atoms. The minimum Gasteiger partial charge on any atom is -0.477 e. The summed E-state index contributed by atoms with van der Waals surface area (Å²) in [5.74, 6) is -13.9. The standard InChI is InChI=1S/C14H3Br3F4O4/c15-3-1-4(7(17)5(16)2-3)14(24)25-12-10(20)8(18)6(13(22)23)9(19)11(12)21/h1-2H,(H,22,23). The van der Waals surface area contributed by atoms with Crippen LogP contribution in [0.15, 0.2) is 25.6 Å². The van der Waals surface area contributed by atoms with Crippen LogP contribution in [-0.2, 0) is 0 Å². The van der Waals surface area contributed by atoms with E-state index < -0.39 is 46.5 Å². The van der Waals surface area contributed by atoms with Crippen molar-refractivity contribution >= 4 is 59.7 Å². The van der Waals surface area contributed by atoms with Crippen LogP contribution in [0, 0.1) is 23.3 Å². The fourth-order valence-electron chi connectivity index (χ4n) is 1.74. The zero-order valence-electron chi connectivity index (χ0n) is 11.5. The number of aromatic carboxylic acids is 1. The summed E-state index contributed by atoms with van der Waals surface area (Å²) in [4.78, 5) is 22.8. The van der Waals surface area contributed by atoms with Crippen LogP contribution >= 0.6 is 47.8 Å². The Bertz CT molecular complexity index is 889. The van der Waals surface area contributed by atoms with E-state index in [9.17, 15) is 27.2 Å². The maximum atomic E-state index is 13.8. The molecule has 2 rings (SSSR count). The van der Waals surface area contributed by atoms with Crippen molar-refractivity contribution in [1.82, 2.24) is 0 Å². The molecule has 0 unspecified atom stereocenters. The molecule has 0 aliphatic heterocycles. The van der Waals surface area contributed by atoms with Crippen molar-refractivity contribution in [2.45, 2.75) is 0 Å². The number of benzene rings is 2. The van der Waals surface area contributed by atoms with Crippen LogP contribution in [0.3, 0.4) is 0 Å². The van der Waals surface area contributed by atoms with Gasteiger partial charge in [-0.15, -0.1) is 0 Å². The average molecular weight is 551 g/mol. The summed E-state index contributed by atoms with van der Waals surface area (Å²) >= 11 is 9.24. The normalized spacial score (nSPS) is 10.7. The summed E-state index contributed by atoms with van der Waals surface area (Å²) in [5.41, 5.74) is -2.05. The van der Waals surface area contributed by atoms with Crippen molar-refractivity contribution in [3.63, 3.8) is 0 Å². The van der Waals surface area contributed by atoms with Crippen molar-refractivity contribution in [1.29, 1.82) is 0 Å². The molecule has 0 atom stereocenters. The number of rotatable bonds is 3. The molecule has 0 saturated heterocycles. The van der Waals surface area contributed by atoms with Gasteiger partial charge in [-0.2, -0.15) is 8.78 Å². The number of ether oxygens (including phenoxy) is 1. The van der Waals surface area contributed by atoms with Crippen LogP contribution in [-0.4, -0.2) is 17.0 Å². The van der Waals surface area contributed by atoms with Gasteiger partial charge in [0.15, 0.2) is 11.6 Å². The third-order valence-electron chi connectivity index (χ3n) is 2.84. The highest BCUT2D eigenvalue weighted by Gasteiger charge is 2.32. The van der Waals surface area contributed by atoms with Gasteiger partial charge in [0.2, 0.25) is 17.4 Å². The summed E-state index contributed by atoms with van der Waals surface area (Å²) in [6.07, 6.45) is 0. The molecular weight excluding hydrogens is 548 g/mol. The second kappa shape index (κ2) is 7.42. The van der Waals surface area contributed by atoms with Gasteiger partial charge in [-0.05, 0) is 44.0 Å². The lowest BCUT2D eigenvalue weighted by molar-refractivity contribution is 0.0682. The van der Waals surface area contributed by atoms with Gasteiger partial charge in [0.1, 0.15) is 5.56 Å². The van der Waals surface area contributed by atoms with Gasteiger partial charge in [0.05, 0.1) is 5.56 Å². The van der Waals surface area contributed by atoms with Gasteiger partial charge in [-0.25, -0.2) is 18.4 Å². The van der Waals surface area contributed by atoms with Crippen molar-refractivity contribution < 1.29 is 37.0 Å². The van der Waals surface area contributed by atoms with Crippen molar-refractivity contribution in [3.8, 4) is 5.75 Å². The summed E-state index contributed by atoms with van der Waals surface area (Å²) < 4.78 is 60.3. The molecule has 0 aromatic heterocycles. The van der Waals surface area contributed by atoms with Crippen LogP contribution in [0.1, 0.15) is 20.7 Å². The van der Waals surface area contributed by atoms with E-state index in [-0.39, 0.29) is 10.0 Å². The van der Waals surface area contributed by atoms with E-state index in [1.54, 1.807) is 6.07 Å². The van der Waals surface area contributed by atoms with Crippen LogP contribution in [0.25, 0.3) is 0 Å². The number of halogens is 7. The molecule has 0 aliphatic carbocycles. The van der Waals surface area contributed by atoms with Crippen LogP contribution in [0.5, 0.6) is 5.75 Å². The molecular formula is C14H3Br3F4O4. The smallest absolute Gasteiger partial charge is 0.344 e. The minimum absolute atomic E-state index is 0.157. The monoisotopic (exact) mass is 548 g/mol. The van der Waals surface area contributed by atoms with Crippen molar-refractivity contribution in [3.05, 3.63) is 59.9 Å². The average Bonchev–Trinajstić information content (AvgIpc) is 2.52. The molecule has 25 heavy (non-hydrogen) atoms. The predicted octanol–water partition coefficient (Wildman–Crippen LogP) is 5.45. The van der Waals surface area contributed by atoms with E-state index in [1.165, 1.54) is 6.07 Å². The first kappa shape index (κ1) is 19.9. The van der Waals surface area contributed by atoms with Crippen LogP contribution in [0.2, 0.25) is 0 Å². The summed E-state index contributed by atoms with van der Waals surface area (Å²) in [7, 11) is 0. The quantitative estimate of drug-likeness (QED) is 0.239. The highest BCUT2D eigenvalue weighted by atomic mass is 79.9. The SMILES string of the molecule is O=C(Oc1c(F)c(F)c(C(=O)O)c(F)c1F)c1cc(Br)cc(Br)c1Br. The van der Waals surface area contributed by atoms with Gasteiger partial charge >= 0.3 is 11.9 Å². The Hall–Kier alpha value is -1.46. The molecule has 0 aliphatic rings. The molecule has 0 spiro atoms. The number of carboxylic acids is 1. The summed E-state index contributed by atoms with van der Waals surface area (Å²) in [6, 6.07) is 2.77. The van der Waals surface area contributed by atoms with E-state index in [0.29, 0.717) is 8.95 Å². The number of carbonyl (C=O) groups is 2. The largest absolute Gasteiger partial charge is 0.477 e. The lowest BCUT2D eigenvalue weighted by Crippen LogP contribution is -2.16. The first-order valence-electron chi connectivity index (χ1n) is 6.02. The van der Waals surface area contributed by atoms with Crippen LogP contribution < -0.4 is 4.74 Å². The van der Waals surface area contributed by atoms with Crippen LogP contribution in [0.4, 0.5) is 17.6 Å². The third kappa shape index (κ3) is 3.72. The fourth-order valence-corrected chi connectivity index (χ4v) is 3.36. The van der Waals surface area contributed by atoms with E-state index in [0.717, 1.165) is 0 Å². The minimum atomic E-state index is -2.22. The molecule has 0 amide bonds. The topological polar surface area (TPSA) is 63.6 Å².